The number of nitrogens with zero attached hydrogens (tertiary/aromatic N) is 2. The number of benzene rings is 2. The summed E-state index contributed by atoms with van der Waals surface area (Å²) in [7, 11) is 3.37. The molecule has 1 N–H and O–H groups in total. The number of fused-ring (bicyclic) bond motifs is 1. The average Bonchev–Trinajstić information content (AvgIpc) is 3.73. The molecule has 0 bridgehead atoms. The van der Waals surface area contributed by atoms with Crippen LogP contribution in [0.4, 0.5) is 5.69 Å². The second-order valence-corrected chi connectivity index (χ2v) is 9.89. The molecule has 2 aliphatic rings. The summed E-state index contributed by atoms with van der Waals surface area (Å²) in [6.45, 7) is 5.15. The summed E-state index contributed by atoms with van der Waals surface area (Å²) in [5, 5.41) is 2.88. The Kier molecular flexibility index (Phi) is 7.94. The molecule has 8 nitrogen and oxygen atoms in total. The molecule has 0 unspecified atom stereocenters. The van der Waals surface area contributed by atoms with Crippen molar-refractivity contribution < 1.29 is 23.9 Å². The Morgan fingerprint density at radius 1 is 1.06 bits per heavy atom. The minimum atomic E-state index is -0.251. The number of hydrogen-bond donors (Lipinski definition) is 1. The fraction of sp³-hybridized carbons (Fsp3) is 0.464. The van der Waals surface area contributed by atoms with Crippen molar-refractivity contribution in [1.82, 2.24) is 9.80 Å². The predicted molar refractivity (Wildman–Crippen MR) is 137 cm³/mol. The first-order valence-electron chi connectivity index (χ1n) is 12.5. The van der Waals surface area contributed by atoms with Crippen molar-refractivity contribution in [2.45, 2.75) is 38.8 Å². The molecule has 8 heteroatoms. The molecular formula is C28H35N3O5. The molecule has 36 heavy (non-hydrogen) atoms. The van der Waals surface area contributed by atoms with Crippen molar-refractivity contribution in [1.29, 1.82) is 0 Å². The standard InChI is InChI=1S/C28H35N3O5/c1-18-15-31(27(33)21-10-11-21)19(2)17-36-24-14-22(29-26(32)20-8-6-5-7-9-20)12-13-23(24)28(34)30(3)16-25(18)35-4/h5-9,12-14,18-19,21,25H,10-11,15-17H2,1-4H3,(H,29,32)/t18-,19+,25+/m0/s1. The van der Waals surface area contributed by atoms with Crippen molar-refractivity contribution in [3.8, 4) is 5.75 Å². The highest BCUT2D eigenvalue weighted by Crippen LogP contribution is 2.33. The predicted octanol–water partition coefficient (Wildman–Crippen LogP) is 3.68. The molecule has 0 aromatic heterocycles. The van der Waals surface area contributed by atoms with Crippen molar-refractivity contribution in [2.24, 2.45) is 11.8 Å². The third-order valence-electron chi connectivity index (χ3n) is 6.95. The SMILES string of the molecule is CO[C@@H]1CN(C)C(=O)c2ccc(NC(=O)c3ccccc3)cc2OC[C@@H](C)N(C(=O)C2CC2)C[C@@H]1C. The second kappa shape index (κ2) is 11.1. The number of rotatable bonds is 4. The zero-order chi connectivity index (χ0) is 25.8. The fourth-order valence-electron chi connectivity index (χ4n) is 4.51. The summed E-state index contributed by atoms with van der Waals surface area (Å²) in [5.41, 5.74) is 1.45. The summed E-state index contributed by atoms with van der Waals surface area (Å²) >= 11 is 0. The first-order chi connectivity index (χ1) is 17.3. The van der Waals surface area contributed by atoms with Crippen LogP contribution in [0.3, 0.4) is 0 Å². The number of likely N-dealkylation sites (N-methyl/N-ethyl adjacent to an activating group) is 1. The van der Waals surface area contributed by atoms with Gasteiger partial charge in [0.1, 0.15) is 12.4 Å². The van der Waals surface area contributed by atoms with Crippen LogP contribution in [0.5, 0.6) is 5.75 Å². The van der Waals surface area contributed by atoms with Crippen LogP contribution in [0.25, 0.3) is 0 Å². The normalized spacial score (nSPS) is 23.1. The van der Waals surface area contributed by atoms with Crippen LogP contribution in [0.1, 0.15) is 47.4 Å². The Labute approximate surface area is 212 Å². The number of hydrogen-bond acceptors (Lipinski definition) is 5. The third-order valence-corrected chi connectivity index (χ3v) is 6.95. The van der Waals surface area contributed by atoms with Gasteiger partial charge in [-0.05, 0) is 44.0 Å². The van der Waals surface area contributed by atoms with Crippen LogP contribution >= 0.6 is 0 Å². The smallest absolute Gasteiger partial charge is 0.257 e. The quantitative estimate of drug-likeness (QED) is 0.702. The number of carbonyl (C=O) groups excluding carboxylic acids is 3. The van der Waals surface area contributed by atoms with E-state index in [4.69, 9.17) is 9.47 Å². The molecule has 1 saturated carbocycles. The lowest BCUT2D eigenvalue weighted by Crippen LogP contribution is -2.49. The molecular weight excluding hydrogens is 458 g/mol. The van der Waals surface area contributed by atoms with Gasteiger partial charge in [-0.3, -0.25) is 14.4 Å². The van der Waals surface area contributed by atoms with Gasteiger partial charge in [0.2, 0.25) is 5.91 Å². The molecule has 2 aromatic carbocycles. The number of amides is 3. The molecule has 1 aliphatic heterocycles. The molecule has 1 aliphatic carbocycles. The Balaban J connectivity index is 1.63. The van der Waals surface area contributed by atoms with Crippen molar-refractivity contribution in [3.05, 3.63) is 59.7 Å². The van der Waals surface area contributed by atoms with Gasteiger partial charge in [0.05, 0.1) is 17.7 Å². The molecule has 3 atom stereocenters. The van der Waals surface area contributed by atoms with Gasteiger partial charge in [-0.2, -0.15) is 0 Å². The molecule has 2 aromatic rings. The highest BCUT2D eigenvalue weighted by Gasteiger charge is 2.37. The van der Waals surface area contributed by atoms with Gasteiger partial charge >= 0.3 is 0 Å². The summed E-state index contributed by atoms with van der Waals surface area (Å²) in [6.07, 6.45) is 1.62. The zero-order valence-electron chi connectivity index (χ0n) is 21.4. The van der Waals surface area contributed by atoms with Crippen LogP contribution in [-0.2, 0) is 9.53 Å². The first kappa shape index (κ1) is 25.7. The minimum Gasteiger partial charge on any atom is -0.491 e. The lowest BCUT2D eigenvalue weighted by molar-refractivity contribution is -0.136. The van der Waals surface area contributed by atoms with Crippen LogP contribution in [0.15, 0.2) is 48.5 Å². The van der Waals surface area contributed by atoms with Crippen molar-refractivity contribution >= 4 is 23.4 Å². The van der Waals surface area contributed by atoms with Crippen molar-refractivity contribution in [3.63, 3.8) is 0 Å². The van der Waals surface area contributed by atoms with Gasteiger partial charge in [0.25, 0.3) is 11.8 Å². The zero-order valence-corrected chi connectivity index (χ0v) is 21.4. The van der Waals surface area contributed by atoms with Gasteiger partial charge in [0.15, 0.2) is 0 Å². The van der Waals surface area contributed by atoms with Gasteiger partial charge in [-0.15, -0.1) is 0 Å². The fourth-order valence-corrected chi connectivity index (χ4v) is 4.51. The lowest BCUT2D eigenvalue weighted by Gasteiger charge is -2.36. The second-order valence-electron chi connectivity index (χ2n) is 9.89. The van der Waals surface area contributed by atoms with Gasteiger partial charge in [-0.1, -0.05) is 25.1 Å². The average molecular weight is 494 g/mol. The molecule has 0 radical (unpaired) electrons. The summed E-state index contributed by atoms with van der Waals surface area (Å²) in [6, 6.07) is 13.8. The number of nitrogens with one attached hydrogen (secondary N) is 1. The Bertz CT molecular complexity index is 1100. The number of ether oxygens (including phenoxy) is 2. The van der Waals surface area contributed by atoms with E-state index in [-0.39, 0.29) is 48.3 Å². The molecule has 3 amide bonds. The van der Waals surface area contributed by atoms with Crippen LogP contribution in [-0.4, -0.2) is 73.5 Å². The van der Waals surface area contributed by atoms with Crippen LogP contribution < -0.4 is 10.1 Å². The van der Waals surface area contributed by atoms with Crippen LogP contribution in [0, 0.1) is 11.8 Å². The Morgan fingerprint density at radius 3 is 2.44 bits per heavy atom. The number of methoxy groups -OCH3 is 1. The van der Waals surface area contributed by atoms with Gasteiger partial charge in [0, 0.05) is 56.4 Å². The van der Waals surface area contributed by atoms with E-state index < -0.39 is 0 Å². The maximum absolute atomic E-state index is 13.4. The van der Waals surface area contributed by atoms with E-state index in [1.807, 2.05) is 17.9 Å². The Hall–Kier alpha value is -3.39. The molecule has 0 spiro atoms. The van der Waals surface area contributed by atoms with E-state index >= 15 is 0 Å². The Morgan fingerprint density at radius 2 is 1.78 bits per heavy atom. The number of carbonyl (C=O) groups is 3. The summed E-state index contributed by atoms with van der Waals surface area (Å²) in [5.74, 6) is 0.192. The third kappa shape index (κ3) is 5.87. The molecule has 4 rings (SSSR count). The van der Waals surface area contributed by atoms with E-state index in [1.54, 1.807) is 61.5 Å². The van der Waals surface area contributed by atoms with Gasteiger partial charge in [-0.25, -0.2) is 0 Å². The summed E-state index contributed by atoms with van der Waals surface area (Å²) in [4.78, 5) is 42.7. The van der Waals surface area contributed by atoms with E-state index in [9.17, 15) is 14.4 Å². The summed E-state index contributed by atoms with van der Waals surface area (Å²) < 4.78 is 11.9. The van der Waals surface area contributed by atoms with Crippen LogP contribution in [0.2, 0.25) is 0 Å². The minimum absolute atomic E-state index is 0.0323. The maximum Gasteiger partial charge on any atom is 0.257 e. The molecule has 1 fully saturated rings. The lowest BCUT2D eigenvalue weighted by atomic mass is 10.0. The largest absolute Gasteiger partial charge is 0.491 e. The van der Waals surface area contributed by atoms with Crippen molar-refractivity contribution in [2.75, 3.05) is 39.2 Å². The first-order valence-corrected chi connectivity index (χ1v) is 12.5. The van der Waals surface area contributed by atoms with E-state index in [0.29, 0.717) is 35.7 Å². The molecule has 0 saturated heterocycles. The number of anilines is 1. The molecule has 192 valence electrons. The molecule has 1 heterocycles. The monoisotopic (exact) mass is 493 g/mol. The van der Waals surface area contributed by atoms with Gasteiger partial charge < -0.3 is 24.6 Å². The van der Waals surface area contributed by atoms with E-state index in [0.717, 1.165) is 12.8 Å². The maximum atomic E-state index is 13.4. The van der Waals surface area contributed by atoms with E-state index in [2.05, 4.69) is 12.2 Å². The van der Waals surface area contributed by atoms with E-state index in [1.165, 1.54) is 0 Å². The topological polar surface area (TPSA) is 88.2 Å². The highest BCUT2D eigenvalue weighted by atomic mass is 16.5. The highest BCUT2D eigenvalue weighted by molar-refractivity contribution is 6.05.